The molecule has 0 spiro atoms. The summed E-state index contributed by atoms with van der Waals surface area (Å²) < 4.78 is 0. The number of anilines is 1. The molecule has 2 rings (SSSR count). The van der Waals surface area contributed by atoms with E-state index in [-0.39, 0.29) is 0 Å². The van der Waals surface area contributed by atoms with Crippen LogP contribution in [0.5, 0.6) is 0 Å². The molecule has 0 saturated carbocycles. The van der Waals surface area contributed by atoms with Gasteiger partial charge in [-0.3, -0.25) is 0 Å². The van der Waals surface area contributed by atoms with Gasteiger partial charge >= 0.3 is 0 Å². The summed E-state index contributed by atoms with van der Waals surface area (Å²) >= 11 is 5.79. The van der Waals surface area contributed by atoms with Gasteiger partial charge in [-0.2, -0.15) is 10.2 Å². The van der Waals surface area contributed by atoms with E-state index < -0.39 is 0 Å². The highest BCUT2D eigenvalue weighted by molar-refractivity contribution is 6.17. The minimum atomic E-state index is 0.389. The van der Waals surface area contributed by atoms with E-state index in [1.165, 1.54) is 0 Å². The Labute approximate surface area is 106 Å². The van der Waals surface area contributed by atoms with Gasteiger partial charge in [0.25, 0.3) is 0 Å². The Morgan fingerprint density at radius 3 is 2.94 bits per heavy atom. The van der Waals surface area contributed by atoms with Gasteiger partial charge in [0.15, 0.2) is 0 Å². The fourth-order valence-electron chi connectivity index (χ4n) is 1.85. The zero-order valence-corrected chi connectivity index (χ0v) is 10.6. The van der Waals surface area contributed by atoms with Crippen LogP contribution < -0.4 is 5.32 Å². The number of nitrogens with one attached hydrogen (secondary N) is 1. The maximum Gasteiger partial charge on any atom is 0.0950 e. The summed E-state index contributed by atoms with van der Waals surface area (Å²) in [6.45, 7) is 2.15. The normalized spacial score (nSPS) is 12.6. The Balaban J connectivity index is 2.28. The van der Waals surface area contributed by atoms with Crippen LogP contribution in [0.15, 0.2) is 30.5 Å². The smallest absolute Gasteiger partial charge is 0.0950 e. The number of aromatic nitrogens is 2. The van der Waals surface area contributed by atoms with Gasteiger partial charge in [0.2, 0.25) is 0 Å². The third-order valence-corrected chi connectivity index (χ3v) is 3.07. The number of rotatable bonds is 5. The Kier molecular flexibility index (Phi) is 4.15. The first-order valence-corrected chi connectivity index (χ1v) is 6.41. The summed E-state index contributed by atoms with van der Waals surface area (Å²) in [5, 5.41) is 12.7. The number of hydrogen-bond acceptors (Lipinski definition) is 3. The lowest BCUT2D eigenvalue weighted by Gasteiger charge is -2.17. The van der Waals surface area contributed by atoms with Crippen LogP contribution in [0.25, 0.3) is 10.9 Å². The average Bonchev–Trinajstić information content (AvgIpc) is 2.38. The lowest BCUT2D eigenvalue weighted by Crippen LogP contribution is -2.19. The molecule has 0 saturated heterocycles. The Morgan fingerprint density at radius 1 is 1.35 bits per heavy atom. The molecule has 4 heteroatoms. The maximum atomic E-state index is 5.79. The van der Waals surface area contributed by atoms with Crippen molar-refractivity contribution in [3.05, 3.63) is 30.5 Å². The molecule has 0 aliphatic heterocycles. The molecule has 0 fully saturated rings. The first-order chi connectivity index (χ1) is 8.35. The zero-order chi connectivity index (χ0) is 12.1. The van der Waals surface area contributed by atoms with Crippen LogP contribution in [-0.2, 0) is 0 Å². The first-order valence-electron chi connectivity index (χ1n) is 5.88. The van der Waals surface area contributed by atoms with Crippen molar-refractivity contribution in [2.75, 3.05) is 11.2 Å². The molecule has 3 nitrogen and oxygen atoms in total. The molecule has 0 bridgehead atoms. The fourth-order valence-corrected chi connectivity index (χ4v) is 2.12. The van der Waals surface area contributed by atoms with Crippen LogP contribution in [0, 0.1) is 0 Å². The van der Waals surface area contributed by atoms with Crippen molar-refractivity contribution in [1.82, 2.24) is 10.2 Å². The van der Waals surface area contributed by atoms with Crippen LogP contribution in [0.4, 0.5) is 5.69 Å². The van der Waals surface area contributed by atoms with Gasteiger partial charge in [0.1, 0.15) is 0 Å². The molecule has 1 aromatic heterocycles. The lowest BCUT2D eigenvalue weighted by atomic mass is 10.1. The van der Waals surface area contributed by atoms with E-state index in [2.05, 4.69) is 28.5 Å². The largest absolute Gasteiger partial charge is 0.380 e. The number of fused-ring (bicyclic) bond motifs is 1. The second-order valence-electron chi connectivity index (χ2n) is 4.00. The van der Waals surface area contributed by atoms with Crippen molar-refractivity contribution < 1.29 is 0 Å². The van der Waals surface area contributed by atoms with Crippen molar-refractivity contribution >= 4 is 28.2 Å². The molecule has 1 aromatic carbocycles. The van der Waals surface area contributed by atoms with E-state index >= 15 is 0 Å². The van der Waals surface area contributed by atoms with Gasteiger partial charge in [-0.15, -0.1) is 11.6 Å². The minimum Gasteiger partial charge on any atom is -0.380 e. The third kappa shape index (κ3) is 2.86. The highest BCUT2D eigenvalue weighted by atomic mass is 35.5. The molecular formula is C13H16ClN3. The molecule has 1 N–H and O–H groups in total. The summed E-state index contributed by atoms with van der Waals surface area (Å²) in [5.41, 5.74) is 1.95. The maximum absolute atomic E-state index is 5.79. The quantitative estimate of drug-likeness (QED) is 0.825. The molecule has 0 aliphatic rings. The highest BCUT2D eigenvalue weighted by Gasteiger charge is 2.08. The predicted octanol–water partition coefficient (Wildman–Crippen LogP) is 3.45. The minimum absolute atomic E-state index is 0.389. The molecule has 0 amide bonds. The Morgan fingerprint density at radius 2 is 2.18 bits per heavy atom. The number of nitrogens with zero attached hydrogens (tertiary/aromatic N) is 2. The van der Waals surface area contributed by atoms with Crippen LogP contribution in [0.1, 0.15) is 19.8 Å². The summed E-state index contributed by atoms with van der Waals surface area (Å²) in [4.78, 5) is 0. The zero-order valence-electron chi connectivity index (χ0n) is 9.86. The topological polar surface area (TPSA) is 37.8 Å². The summed E-state index contributed by atoms with van der Waals surface area (Å²) in [6, 6.07) is 8.39. The van der Waals surface area contributed by atoms with Gasteiger partial charge in [-0.25, -0.2) is 0 Å². The van der Waals surface area contributed by atoms with Crippen molar-refractivity contribution in [3.63, 3.8) is 0 Å². The van der Waals surface area contributed by atoms with Crippen LogP contribution in [0.2, 0.25) is 0 Å². The standard InChI is InChI=1S/C13H16ClN3/c1-2-10(7-8-14)16-13-9-15-17-12-6-4-3-5-11(12)13/h3-6,9-10H,2,7-8H2,1H3,(H,16,17). The summed E-state index contributed by atoms with van der Waals surface area (Å²) in [6.07, 6.45) is 3.78. The second-order valence-corrected chi connectivity index (χ2v) is 4.38. The Hall–Kier alpha value is -1.35. The van der Waals surface area contributed by atoms with Crippen molar-refractivity contribution in [2.45, 2.75) is 25.8 Å². The molecule has 0 aliphatic carbocycles. The van der Waals surface area contributed by atoms with Crippen LogP contribution in [-0.4, -0.2) is 22.1 Å². The van der Waals surface area contributed by atoms with Gasteiger partial charge < -0.3 is 5.32 Å². The first kappa shape index (κ1) is 12.1. The third-order valence-electron chi connectivity index (χ3n) is 2.86. The van der Waals surface area contributed by atoms with Crippen LogP contribution >= 0.6 is 11.6 Å². The lowest BCUT2D eigenvalue weighted by molar-refractivity contribution is 0.675. The molecule has 1 atom stereocenters. The van der Waals surface area contributed by atoms with Gasteiger partial charge in [0.05, 0.1) is 17.4 Å². The van der Waals surface area contributed by atoms with E-state index in [9.17, 15) is 0 Å². The second kappa shape index (κ2) is 5.82. The number of halogens is 1. The fraction of sp³-hybridized carbons (Fsp3) is 0.385. The molecule has 17 heavy (non-hydrogen) atoms. The van der Waals surface area contributed by atoms with Gasteiger partial charge in [0, 0.05) is 17.3 Å². The molecule has 0 radical (unpaired) electrons. The van der Waals surface area contributed by atoms with Crippen LogP contribution in [0.3, 0.4) is 0 Å². The van der Waals surface area contributed by atoms with Crippen molar-refractivity contribution in [1.29, 1.82) is 0 Å². The van der Waals surface area contributed by atoms with Gasteiger partial charge in [-0.05, 0) is 18.9 Å². The van der Waals surface area contributed by atoms with E-state index in [1.54, 1.807) is 6.20 Å². The van der Waals surface area contributed by atoms with E-state index in [0.717, 1.165) is 29.4 Å². The van der Waals surface area contributed by atoms with Crippen molar-refractivity contribution in [2.24, 2.45) is 0 Å². The summed E-state index contributed by atoms with van der Waals surface area (Å²) in [7, 11) is 0. The summed E-state index contributed by atoms with van der Waals surface area (Å²) in [5.74, 6) is 0.669. The molecule has 2 aromatic rings. The Bertz CT molecular complexity index is 482. The predicted molar refractivity (Wildman–Crippen MR) is 72.6 cm³/mol. The monoisotopic (exact) mass is 249 g/mol. The molecule has 1 unspecified atom stereocenters. The molecule has 1 heterocycles. The molecular weight excluding hydrogens is 234 g/mol. The number of hydrogen-bond donors (Lipinski definition) is 1. The highest BCUT2D eigenvalue weighted by Crippen LogP contribution is 2.21. The van der Waals surface area contributed by atoms with E-state index in [1.807, 2.05) is 18.2 Å². The van der Waals surface area contributed by atoms with Crippen molar-refractivity contribution in [3.8, 4) is 0 Å². The number of alkyl halides is 1. The van der Waals surface area contributed by atoms with E-state index in [0.29, 0.717) is 11.9 Å². The van der Waals surface area contributed by atoms with Gasteiger partial charge in [-0.1, -0.05) is 25.1 Å². The SMILES string of the molecule is CCC(CCCl)Nc1cnnc2ccccc12. The number of benzene rings is 1. The van der Waals surface area contributed by atoms with E-state index in [4.69, 9.17) is 11.6 Å². The molecule has 90 valence electrons. The average molecular weight is 250 g/mol.